The second-order valence-corrected chi connectivity index (χ2v) is 7.39. The topological polar surface area (TPSA) is 110 Å². The van der Waals surface area contributed by atoms with E-state index in [1.54, 1.807) is 19.1 Å². The number of halogens is 2. The van der Waals surface area contributed by atoms with Gasteiger partial charge in [-0.1, -0.05) is 34.5 Å². The number of anilines is 2. The van der Waals surface area contributed by atoms with Crippen LogP contribution < -0.4 is 10.6 Å². The Morgan fingerprint density at radius 3 is 2.56 bits per heavy atom. The monoisotopic (exact) mass is 430 g/mol. The Labute approximate surface area is 169 Å². The number of amides is 2. The molecule has 0 radical (unpaired) electrons. The van der Waals surface area contributed by atoms with E-state index in [0.29, 0.717) is 15.8 Å². The predicted molar refractivity (Wildman–Crippen MR) is 103 cm³/mol. The fourth-order valence-electron chi connectivity index (χ4n) is 1.92. The Hall–Kier alpha value is -2.23. The molecule has 0 spiro atoms. The van der Waals surface area contributed by atoms with E-state index in [0.717, 1.165) is 5.01 Å². The first kappa shape index (κ1) is 21.1. The van der Waals surface area contributed by atoms with E-state index < -0.39 is 18.5 Å². The molecule has 0 aliphatic rings. The maximum atomic E-state index is 11.8. The fourth-order valence-corrected chi connectivity index (χ4v) is 2.98. The fraction of sp³-hybridized carbons (Fsp3) is 0.312. The largest absolute Gasteiger partial charge is 0.456 e. The van der Waals surface area contributed by atoms with Crippen molar-refractivity contribution in [3.63, 3.8) is 0 Å². The Kier molecular flexibility index (Phi) is 7.96. The van der Waals surface area contributed by atoms with Crippen LogP contribution in [0, 0.1) is 6.92 Å². The number of carbonyl (C=O) groups is 3. The number of nitrogens with one attached hydrogen (secondary N) is 2. The molecule has 27 heavy (non-hydrogen) atoms. The molecule has 0 saturated heterocycles. The van der Waals surface area contributed by atoms with Gasteiger partial charge in [0.2, 0.25) is 11.0 Å². The number of ether oxygens (including phenoxy) is 1. The standard InChI is InChI=1S/C16H16Cl2N4O4S/c1-9-21-22-16(27-9)20-13(23)3-2-4-15(25)26-8-14(24)19-12-6-5-10(17)7-11(12)18/h5-7H,2-4,8H2,1H3,(H,19,24)(H,20,22,23). The van der Waals surface area contributed by atoms with Gasteiger partial charge in [0.25, 0.3) is 5.91 Å². The SMILES string of the molecule is Cc1nnc(NC(=O)CCCC(=O)OCC(=O)Nc2ccc(Cl)cc2Cl)s1. The molecule has 2 aromatic rings. The molecule has 0 unspecified atom stereocenters. The number of nitrogens with zero attached hydrogens (tertiary/aromatic N) is 2. The quantitative estimate of drug-likeness (QED) is 0.620. The highest BCUT2D eigenvalue weighted by molar-refractivity contribution is 7.15. The molecule has 11 heteroatoms. The lowest BCUT2D eigenvalue weighted by molar-refractivity contribution is -0.147. The maximum Gasteiger partial charge on any atom is 0.306 e. The molecule has 1 aromatic heterocycles. The zero-order valence-corrected chi connectivity index (χ0v) is 16.6. The number of hydrogen-bond donors (Lipinski definition) is 2. The summed E-state index contributed by atoms with van der Waals surface area (Å²) in [5, 5.41) is 14.5. The molecular formula is C16H16Cl2N4O4S. The van der Waals surface area contributed by atoms with E-state index in [1.807, 2.05) is 0 Å². The lowest BCUT2D eigenvalue weighted by atomic mass is 10.2. The van der Waals surface area contributed by atoms with E-state index in [2.05, 4.69) is 20.8 Å². The number of esters is 1. The van der Waals surface area contributed by atoms with E-state index in [9.17, 15) is 14.4 Å². The van der Waals surface area contributed by atoms with Crippen molar-refractivity contribution >= 4 is 63.1 Å². The first-order valence-electron chi connectivity index (χ1n) is 7.84. The third-order valence-electron chi connectivity index (χ3n) is 3.13. The van der Waals surface area contributed by atoms with Crippen LogP contribution in [0.5, 0.6) is 0 Å². The molecule has 8 nitrogen and oxygen atoms in total. The average Bonchev–Trinajstić information content (AvgIpc) is 3.00. The van der Waals surface area contributed by atoms with E-state index in [4.69, 9.17) is 27.9 Å². The second kappa shape index (κ2) is 10.2. The van der Waals surface area contributed by atoms with Crippen LogP contribution in [0.3, 0.4) is 0 Å². The number of carbonyl (C=O) groups excluding carboxylic acids is 3. The molecule has 0 bridgehead atoms. The number of rotatable bonds is 8. The summed E-state index contributed by atoms with van der Waals surface area (Å²) in [7, 11) is 0. The normalized spacial score (nSPS) is 10.3. The van der Waals surface area contributed by atoms with Crippen molar-refractivity contribution in [2.45, 2.75) is 26.2 Å². The van der Waals surface area contributed by atoms with Crippen molar-refractivity contribution in [1.82, 2.24) is 10.2 Å². The summed E-state index contributed by atoms with van der Waals surface area (Å²) in [5.41, 5.74) is 0.366. The van der Waals surface area contributed by atoms with Crippen LogP contribution in [-0.2, 0) is 19.1 Å². The summed E-state index contributed by atoms with van der Waals surface area (Å²) in [6.07, 6.45) is 0.422. The summed E-state index contributed by atoms with van der Waals surface area (Å²) in [5.74, 6) is -1.38. The summed E-state index contributed by atoms with van der Waals surface area (Å²) in [4.78, 5) is 35.2. The lowest BCUT2D eigenvalue weighted by Crippen LogP contribution is -2.21. The summed E-state index contributed by atoms with van der Waals surface area (Å²) in [6, 6.07) is 4.60. The second-order valence-electron chi connectivity index (χ2n) is 5.36. The minimum Gasteiger partial charge on any atom is -0.456 e. The first-order chi connectivity index (χ1) is 12.8. The van der Waals surface area contributed by atoms with E-state index in [-0.39, 0.29) is 30.2 Å². The van der Waals surface area contributed by atoms with Gasteiger partial charge in [-0.2, -0.15) is 0 Å². The molecule has 0 fully saturated rings. The summed E-state index contributed by atoms with van der Waals surface area (Å²) >= 11 is 13.0. The van der Waals surface area contributed by atoms with E-state index in [1.165, 1.54) is 17.4 Å². The van der Waals surface area contributed by atoms with Gasteiger partial charge in [-0.3, -0.25) is 14.4 Å². The van der Waals surface area contributed by atoms with Crippen molar-refractivity contribution in [1.29, 1.82) is 0 Å². The number of benzene rings is 1. The van der Waals surface area contributed by atoms with Gasteiger partial charge < -0.3 is 15.4 Å². The Balaban J connectivity index is 1.63. The molecular weight excluding hydrogens is 415 g/mol. The van der Waals surface area contributed by atoms with Gasteiger partial charge in [0, 0.05) is 17.9 Å². The molecule has 2 rings (SSSR count). The molecule has 0 aliphatic carbocycles. The van der Waals surface area contributed by atoms with Crippen molar-refractivity contribution in [3.05, 3.63) is 33.3 Å². The molecule has 0 saturated carbocycles. The van der Waals surface area contributed by atoms with E-state index >= 15 is 0 Å². The molecule has 1 aromatic carbocycles. The number of hydrogen-bond acceptors (Lipinski definition) is 7. The lowest BCUT2D eigenvalue weighted by Gasteiger charge is -2.08. The zero-order chi connectivity index (χ0) is 19.8. The highest BCUT2D eigenvalue weighted by Gasteiger charge is 2.12. The van der Waals surface area contributed by atoms with Gasteiger partial charge in [-0.15, -0.1) is 10.2 Å². The van der Waals surface area contributed by atoms with Crippen LogP contribution in [0.15, 0.2) is 18.2 Å². The molecule has 0 aliphatic heterocycles. The molecule has 2 N–H and O–H groups in total. The van der Waals surface area contributed by atoms with Gasteiger partial charge in [-0.25, -0.2) is 0 Å². The van der Waals surface area contributed by atoms with Crippen LogP contribution in [0.2, 0.25) is 10.0 Å². The van der Waals surface area contributed by atoms with Crippen LogP contribution in [0.25, 0.3) is 0 Å². The summed E-state index contributed by atoms with van der Waals surface area (Å²) in [6.45, 7) is 1.33. The molecule has 2 amide bonds. The van der Waals surface area contributed by atoms with Crippen LogP contribution >= 0.6 is 34.5 Å². The first-order valence-corrected chi connectivity index (χ1v) is 9.41. The van der Waals surface area contributed by atoms with Crippen molar-refractivity contribution in [2.75, 3.05) is 17.2 Å². The molecule has 144 valence electrons. The van der Waals surface area contributed by atoms with Gasteiger partial charge in [0.05, 0.1) is 10.7 Å². The van der Waals surface area contributed by atoms with Crippen molar-refractivity contribution in [2.24, 2.45) is 0 Å². The Bertz CT molecular complexity index is 844. The van der Waals surface area contributed by atoms with Gasteiger partial charge in [0.15, 0.2) is 6.61 Å². The highest BCUT2D eigenvalue weighted by Crippen LogP contribution is 2.25. The van der Waals surface area contributed by atoms with Gasteiger partial charge in [0.1, 0.15) is 5.01 Å². The smallest absolute Gasteiger partial charge is 0.306 e. The molecule has 1 heterocycles. The van der Waals surface area contributed by atoms with Crippen LogP contribution in [0.1, 0.15) is 24.3 Å². The maximum absolute atomic E-state index is 11.8. The Morgan fingerprint density at radius 1 is 1.11 bits per heavy atom. The average molecular weight is 431 g/mol. The third-order valence-corrected chi connectivity index (χ3v) is 4.43. The van der Waals surface area contributed by atoms with Gasteiger partial charge >= 0.3 is 5.97 Å². The van der Waals surface area contributed by atoms with Crippen LogP contribution in [0.4, 0.5) is 10.8 Å². The van der Waals surface area contributed by atoms with Crippen molar-refractivity contribution < 1.29 is 19.1 Å². The zero-order valence-electron chi connectivity index (χ0n) is 14.3. The number of aryl methyl sites for hydroxylation is 1. The predicted octanol–water partition coefficient (Wildman–Crippen LogP) is 3.44. The number of aromatic nitrogens is 2. The highest BCUT2D eigenvalue weighted by atomic mass is 35.5. The van der Waals surface area contributed by atoms with Crippen molar-refractivity contribution in [3.8, 4) is 0 Å². The van der Waals surface area contributed by atoms with Gasteiger partial charge in [-0.05, 0) is 31.5 Å². The minimum absolute atomic E-state index is 0.0115. The minimum atomic E-state index is -0.577. The third kappa shape index (κ3) is 7.49. The Morgan fingerprint density at radius 2 is 1.89 bits per heavy atom. The molecule has 0 atom stereocenters. The van der Waals surface area contributed by atoms with Crippen LogP contribution in [-0.4, -0.2) is 34.6 Å². The summed E-state index contributed by atoms with van der Waals surface area (Å²) < 4.78 is 4.87.